The van der Waals surface area contributed by atoms with Crippen LogP contribution in [0.1, 0.15) is 53.4 Å². The Bertz CT molecular complexity index is 153. The quantitative estimate of drug-likeness (QED) is 0.617. The molecule has 0 heterocycles. The molecule has 0 aliphatic carbocycles. The molecule has 0 saturated heterocycles. The summed E-state index contributed by atoms with van der Waals surface area (Å²) < 4.78 is 0. The zero-order valence-corrected chi connectivity index (χ0v) is 10.2. The summed E-state index contributed by atoms with van der Waals surface area (Å²) in [7, 11) is 0. The van der Waals surface area contributed by atoms with Crippen molar-refractivity contribution in [1.29, 1.82) is 0 Å². The van der Waals surface area contributed by atoms with Crippen LogP contribution in [0.3, 0.4) is 0 Å². The fraction of sp³-hybridized carbons (Fsp3) is 0.846. The Morgan fingerprint density at radius 2 is 1.79 bits per heavy atom. The number of aliphatic hydroxyl groups is 1. The van der Waals surface area contributed by atoms with Crippen molar-refractivity contribution in [3.8, 4) is 0 Å². The third-order valence-corrected chi connectivity index (χ3v) is 2.81. The maximum Gasteiger partial charge on any atom is 0.0619 e. The molecular formula is C13H26O. The van der Waals surface area contributed by atoms with Crippen molar-refractivity contribution in [3.63, 3.8) is 0 Å². The maximum atomic E-state index is 9.98. The summed E-state index contributed by atoms with van der Waals surface area (Å²) in [4.78, 5) is 0. The number of hydrogen-bond acceptors (Lipinski definition) is 1. The minimum Gasteiger partial charge on any atom is -0.390 e. The van der Waals surface area contributed by atoms with E-state index in [9.17, 15) is 5.11 Å². The summed E-state index contributed by atoms with van der Waals surface area (Å²) in [5, 5.41) is 9.98. The molecule has 0 spiro atoms. The summed E-state index contributed by atoms with van der Waals surface area (Å²) in [6.07, 6.45) is 6.32. The molecule has 0 aromatic rings. The zero-order valence-electron chi connectivity index (χ0n) is 10.2. The van der Waals surface area contributed by atoms with E-state index in [1.165, 1.54) is 6.42 Å². The fourth-order valence-corrected chi connectivity index (χ4v) is 1.70. The van der Waals surface area contributed by atoms with Gasteiger partial charge in [0.15, 0.2) is 0 Å². The molecule has 0 bridgehead atoms. The van der Waals surface area contributed by atoms with E-state index < -0.39 is 5.60 Å². The van der Waals surface area contributed by atoms with Crippen LogP contribution < -0.4 is 0 Å². The minimum atomic E-state index is -0.544. The van der Waals surface area contributed by atoms with Crippen molar-refractivity contribution in [1.82, 2.24) is 0 Å². The molecule has 0 radical (unpaired) electrons. The van der Waals surface area contributed by atoms with E-state index in [1.807, 2.05) is 19.9 Å². The number of allylic oxidation sites excluding steroid dienone is 1. The van der Waals surface area contributed by atoms with Crippen LogP contribution in [0, 0.1) is 11.8 Å². The van der Waals surface area contributed by atoms with E-state index in [4.69, 9.17) is 0 Å². The Morgan fingerprint density at radius 3 is 2.14 bits per heavy atom. The lowest BCUT2D eigenvalue weighted by atomic mass is 9.82. The van der Waals surface area contributed by atoms with Gasteiger partial charge in [-0.1, -0.05) is 26.3 Å². The van der Waals surface area contributed by atoms with Gasteiger partial charge in [-0.15, -0.1) is 6.58 Å². The van der Waals surface area contributed by atoms with Gasteiger partial charge >= 0.3 is 0 Å². The standard InChI is InChI=1S/C13H26O/c1-6-7-8-12(13(4,5)14)10-9-11(2)3/h6,11-12,14H,1,7-10H2,2-5H3/t12-/m0/s1. The molecule has 0 aromatic carbocycles. The highest BCUT2D eigenvalue weighted by Gasteiger charge is 2.25. The molecule has 0 aliphatic rings. The molecule has 0 rings (SSSR count). The minimum absolute atomic E-state index is 0.405. The van der Waals surface area contributed by atoms with Gasteiger partial charge in [-0.3, -0.25) is 0 Å². The summed E-state index contributed by atoms with van der Waals surface area (Å²) in [5.74, 6) is 1.13. The van der Waals surface area contributed by atoms with Gasteiger partial charge in [0, 0.05) is 0 Å². The molecule has 0 fully saturated rings. The van der Waals surface area contributed by atoms with Gasteiger partial charge in [-0.05, 0) is 44.9 Å². The van der Waals surface area contributed by atoms with E-state index in [2.05, 4.69) is 20.4 Å². The molecule has 1 N–H and O–H groups in total. The second-order valence-corrected chi connectivity index (χ2v) is 5.19. The molecule has 0 unspecified atom stereocenters. The molecule has 1 heteroatoms. The second kappa shape index (κ2) is 6.23. The Morgan fingerprint density at radius 1 is 1.21 bits per heavy atom. The Balaban J connectivity index is 4.04. The molecule has 14 heavy (non-hydrogen) atoms. The zero-order chi connectivity index (χ0) is 11.2. The highest BCUT2D eigenvalue weighted by Crippen LogP contribution is 2.27. The van der Waals surface area contributed by atoms with Crippen LogP contribution in [-0.2, 0) is 0 Å². The van der Waals surface area contributed by atoms with E-state index in [1.54, 1.807) is 0 Å². The van der Waals surface area contributed by atoms with E-state index in [-0.39, 0.29) is 0 Å². The van der Waals surface area contributed by atoms with Crippen LogP contribution in [-0.4, -0.2) is 10.7 Å². The van der Waals surface area contributed by atoms with Gasteiger partial charge in [0.25, 0.3) is 0 Å². The van der Waals surface area contributed by atoms with Crippen molar-refractivity contribution in [2.75, 3.05) is 0 Å². The van der Waals surface area contributed by atoms with Crippen LogP contribution in [0.5, 0.6) is 0 Å². The molecule has 1 nitrogen and oxygen atoms in total. The van der Waals surface area contributed by atoms with Crippen molar-refractivity contribution < 1.29 is 5.11 Å². The first-order valence-corrected chi connectivity index (χ1v) is 5.71. The largest absolute Gasteiger partial charge is 0.390 e. The highest BCUT2D eigenvalue weighted by molar-refractivity contribution is 4.80. The molecule has 1 atom stereocenters. The summed E-state index contributed by atoms with van der Waals surface area (Å²) >= 11 is 0. The predicted octanol–water partition coefficient (Wildman–Crippen LogP) is 3.78. The normalized spacial score (nSPS) is 14.4. The van der Waals surface area contributed by atoms with Crippen LogP contribution in [0.25, 0.3) is 0 Å². The fourth-order valence-electron chi connectivity index (χ4n) is 1.70. The third kappa shape index (κ3) is 6.20. The van der Waals surface area contributed by atoms with Gasteiger partial charge in [0.05, 0.1) is 5.60 Å². The van der Waals surface area contributed by atoms with Crippen LogP contribution in [0.4, 0.5) is 0 Å². The summed E-state index contributed by atoms with van der Waals surface area (Å²) in [5.41, 5.74) is -0.544. The molecule has 0 aromatic heterocycles. The Hall–Kier alpha value is -0.300. The average molecular weight is 198 g/mol. The smallest absolute Gasteiger partial charge is 0.0619 e. The van der Waals surface area contributed by atoms with Gasteiger partial charge in [-0.2, -0.15) is 0 Å². The third-order valence-electron chi connectivity index (χ3n) is 2.81. The van der Waals surface area contributed by atoms with Gasteiger partial charge < -0.3 is 5.11 Å². The van der Waals surface area contributed by atoms with Crippen molar-refractivity contribution >= 4 is 0 Å². The molecule has 0 amide bonds. The number of rotatable bonds is 7. The molecule has 84 valence electrons. The van der Waals surface area contributed by atoms with Crippen LogP contribution >= 0.6 is 0 Å². The SMILES string of the molecule is C=CCC[C@@H](CCC(C)C)C(C)(C)O. The first kappa shape index (κ1) is 13.7. The first-order chi connectivity index (χ1) is 6.38. The second-order valence-electron chi connectivity index (χ2n) is 5.19. The van der Waals surface area contributed by atoms with E-state index in [0.717, 1.165) is 25.2 Å². The summed E-state index contributed by atoms with van der Waals surface area (Å²) in [6.45, 7) is 12.0. The molecular weight excluding hydrogens is 172 g/mol. The summed E-state index contributed by atoms with van der Waals surface area (Å²) in [6, 6.07) is 0. The van der Waals surface area contributed by atoms with Crippen LogP contribution in [0.2, 0.25) is 0 Å². The van der Waals surface area contributed by atoms with Gasteiger partial charge in [-0.25, -0.2) is 0 Å². The van der Waals surface area contributed by atoms with Gasteiger partial charge in [0.1, 0.15) is 0 Å². The van der Waals surface area contributed by atoms with Gasteiger partial charge in [0.2, 0.25) is 0 Å². The Labute approximate surface area is 89.2 Å². The lowest BCUT2D eigenvalue weighted by Crippen LogP contribution is -2.31. The van der Waals surface area contributed by atoms with Crippen molar-refractivity contribution in [3.05, 3.63) is 12.7 Å². The van der Waals surface area contributed by atoms with Crippen molar-refractivity contribution in [2.24, 2.45) is 11.8 Å². The molecule has 0 saturated carbocycles. The van der Waals surface area contributed by atoms with Crippen molar-refractivity contribution in [2.45, 2.75) is 59.0 Å². The topological polar surface area (TPSA) is 20.2 Å². The van der Waals surface area contributed by atoms with Crippen LogP contribution in [0.15, 0.2) is 12.7 Å². The lowest BCUT2D eigenvalue weighted by Gasteiger charge is -2.29. The monoisotopic (exact) mass is 198 g/mol. The average Bonchev–Trinajstić information content (AvgIpc) is 2.01. The highest BCUT2D eigenvalue weighted by atomic mass is 16.3. The van der Waals surface area contributed by atoms with E-state index in [0.29, 0.717) is 5.92 Å². The number of hydrogen-bond donors (Lipinski definition) is 1. The molecule has 0 aliphatic heterocycles. The van der Waals surface area contributed by atoms with E-state index >= 15 is 0 Å². The lowest BCUT2D eigenvalue weighted by molar-refractivity contribution is 0.00768. The first-order valence-electron chi connectivity index (χ1n) is 5.71. The predicted molar refractivity (Wildman–Crippen MR) is 63.3 cm³/mol. The Kier molecular flexibility index (Phi) is 6.10. The maximum absolute atomic E-state index is 9.98.